The van der Waals surface area contributed by atoms with Gasteiger partial charge in [0.1, 0.15) is 0 Å². The van der Waals surface area contributed by atoms with Gasteiger partial charge in [-0.25, -0.2) is 0 Å². The van der Waals surface area contributed by atoms with E-state index in [2.05, 4.69) is 4.90 Å². The zero-order chi connectivity index (χ0) is 21.5. The fourth-order valence-electron chi connectivity index (χ4n) is 3.91. The molecule has 31 heavy (non-hydrogen) atoms. The monoisotopic (exact) mass is 471 g/mol. The number of ether oxygens (including phenoxy) is 1. The molecular weight excluding hydrogens is 454 g/mol. The molecule has 2 aromatic carbocycles. The molecule has 9 heteroatoms. The van der Waals surface area contributed by atoms with Gasteiger partial charge in [0.05, 0.1) is 41.7 Å². The van der Waals surface area contributed by atoms with Crippen molar-refractivity contribution in [2.45, 2.75) is 0 Å². The van der Waals surface area contributed by atoms with Crippen LogP contribution in [0.25, 0.3) is 5.57 Å². The number of morpholine rings is 1. The standard InChI is InChI=1S/C22H18ClN3O3S2/c23-14-5-7-15(8-6-14)26-21(28)19(31-22(26)30)18-16-3-1-2-4-17(16)25(20(18)27)13-24-9-11-29-12-10-24/h1-8H,9-13H2. The first-order chi connectivity index (χ1) is 15.0. The number of nitrogens with zero attached hydrogens (tertiary/aromatic N) is 3. The van der Waals surface area contributed by atoms with Crippen molar-refractivity contribution in [1.29, 1.82) is 0 Å². The van der Waals surface area contributed by atoms with Crippen molar-refractivity contribution in [2.24, 2.45) is 0 Å². The summed E-state index contributed by atoms with van der Waals surface area (Å²) in [6.07, 6.45) is 0. The van der Waals surface area contributed by atoms with Gasteiger partial charge in [0.2, 0.25) is 0 Å². The van der Waals surface area contributed by atoms with Crippen LogP contribution in [0.2, 0.25) is 5.02 Å². The van der Waals surface area contributed by atoms with E-state index in [1.54, 1.807) is 29.2 Å². The van der Waals surface area contributed by atoms with Gasteiger partial charge in [-0.2, -0.15) is 0 Å². The van der Waals surface area contributed by atoms with Crippen LogP contribution < -0.4 is 9.80 Å². The molecule has 0 atom stereocenters. The van der Waals surface area contributed by atoms with Gasteiger partial charge >= 0.3 is 0 Å². The summed E-state index contributed by atoms with van der Waals surface area (Å²) in [7, 11) is 0. The smallest absolute Gasteiger partial charge is 0.271 e. The van der Waals surface area contributed by atoms with E-state index in [1.165, 1.54) is 16.7 Å². The molecule has 3 heterocycles. The number of benzene rings is 2. The molecule has 2 fully saturated rings. The molecule has 5 rings (SSSR count). The minimum absolute atomic E-state index is 0.177. The van der Waals surface area contributed by atoms with E-state index in [9.17, 15) is 9.59 Å². The normalized spacial score (nSPS) is 21.9. The third-order valence-electron chi connectivity index (χ3n) is 5.45. The van der Waals surface area contributed by atoms with Gasteiger partial charge in [-0.1, -0.05) is 53.8 Å². The molecular formula is C22H18ClN3O3S2. The number of para-hydroxylation sites is 1. The molecule has 2 saturated heterocycles. The molecule has 0 spiro atoms. The summed E-state index contributed by atoms with van der Waals surface area (Å²) in [4.78, 5) is 32.6. The van der Waals surface area contributed by atoms with Gasteiger partial charge in [0.25, 0.3) is 11.8 Å². The number of fused-ring (bicyclic) bond motifs is 1. The molecule has 0 bridgehead atoms. The van der Waals surface area contributed by atoms with Crippen LogP contribution >= 0.6 is 35.6 Å². The topological polar surface area (TPSA) is 53.1 Å². The van der Waals surface area contributed by atoms with Crippen LogP contribution in [0.15, 0.2) is 53.4 Å². The van der Waals surface area contributed by atoms with Crippen LogP contribution in [0.1, 0.15) is 5.56 Å². The predicted octanol–water partition coefficient (Wildman–Crippen LogP) is 3.75. The third kappa shape index (κ3) is 3.68. The van der Waals surface area contributed by atoms with Gasteiger partial charge < -0.3 is 4.74 Å². The predicted molar refractivity (Wildman–Crippen MR) is 127 cm³/mol. The Balaban J connectivity index is 1.53. The Morgan fingerprint density at radius 2 is 1.71 bits per heavy atom. The van der Waals surface area contributed by atoms with Crippen molar-refractivity contribution in [2.75, 3.05) is 42.8 Å². The van der Waals surface area contributed by atoms with Crippen LogP contribution in [0.3, 0.4) is 0 Å². The molecule has 0 unspecified atom stereocenters. The third-order valence-corrected chi connectivity index (χ3v) is 7.07. The summed E-state index contributed by atoms with van der Waals surface area (Å²) < 4.78 is 5.81. The Hall–Kier alpha value is -2.23. The highest BCUT2D eigenvalue weighted by atomic mass is 35.5. The second-order valence-corrected chi connectivity index (χ2v) is 9.39. The first-order valence-corrected chi connectivity index (χ1v) is 11.4. The molecule has 3 aliphatic heterocycles. The zero-order valence-electron chi connectivity index (χ0n) is 16.4. The summed E-state index contributed by atoms with van der Waals surface area (Å²) in [6, 6.07) is 14.5. The minimum atomic E-state index is -0.288. The van der Waals surface area contributed by atoms with E-state index < -0.39 is 0 Å². The molecule has 0 aliphatic carbocycles. The summed E-state index contributed by atoms with van der Waals surface area (Å²) >= 11 is 12.6. The molecule has 3 aliphatic rings. The van der Waals surface area contributed by atoms with Gasteiger partial charge in [-0.05, 0) is 30.3 Å². The number of hydrogen-bond acceptors (Lipinski definition) is 6. The summed E-state index contributed by atoms with van der Waals surface area (Å²) in [6.45, 7) is 3.28. The molecule has 0 saturated carbocycles. The molecule has 6 nitrogen and oxygen atoms in total. The molecule has 0 radical (unpaired) electrons. The minimum Gasteiger partial charge on any atom is -0.379 e. The van der Waals surface area contributed by atoms with E-state index in [0.717, 1.165) is 24.3 Å². The Morgan fingerprint density at radius 1 is 1.00 bits per heavy atom. The number of carbonyl (C=O) groups excluding carboxylic acids is 2. The Morgan fingerprint density at radius 3 is 2.45 bits per heavy atom. The lowest BCUT2D eigenvalue weighted by molar-refractivity contribution is -0.115. The second kappa shape index (κ2) is 8.37. The van der Waals surface area contributed by atoms with Gasteiger partial charge in [0.15, 0.2) is 4.32 Å². The highest BCUT2D eigenvalue weighted by molar-refractivity contribution is 8.27. The van der Waals surface area contributed by atoms with Gasteiger partial charge in [0, 0.05) is 23.7 Å². The number of amides is 2. The largest absolute Gasteiger partial charge is 0.379 e. The summed E-state index contributed by atoms with van der Waals surface area (Å²) in [5.41, 5.74) is 2.62. The number of rotatable bonds is 3. The van der Waals surface area contributed by atoms with Crippen molar-refractivity contribution < 1.29 is 14.3 Å². The van der Waals surface area contributed by atoms with E-state index >= 15 is 0 Å². The first kappa shape index (κ1) is 20.7. The summed E-state index contributed by atoms with van der Waals surface area (Å²) in [5.74, 6) is -0.465. The van der Waals surface area contributed by atoms with Crippen LogP contribution in [0.4, 0.5) is 11.4 Å². The number of thioether (sulfide) groups is 1. The van der Waals surface area contributed by atoms with Gasteiger partial charge in [-0.15, -0.1) is 0 Å². The average Bonchev–Trinajstić information content (AvgIpc) is 3.22. The van der Waals surface area contributed by atoms with E-state index in [4.69, 9.17) is 28.6 Å². The number of hydrogen-bond donors (Lipinski definition) is 0. The zero-order valence-corrected chi connectivity index (χ0v) is 18.8. The lowest BCUT2D eigenvalue weighted by atomic mass is 10.1. The quantitative estimate of drug-likeness (QED) is 0.502. The second-order valence-electron chi connectivity index (χ2n) is 7.31. The number of halogens is 1. The highest BCUT2D eigenvalue weighted by Gasteiger charge is 2.42. The highest BCUT2D eigenvalue weighted by Crippen LogP contribution is 2.45. The maximum absolute atomic E-state index is 13.5. The van der Waals surface area contributed by atoms with Gasteiger partial charge in [-0.3, -0.25) is 24.3 Å². The average molecular weight is 472 g/mol. The Labute approximate surface area is 194 Å². The fraction of sp³-hybridized carbons (Fsp3) is 0.227. The van der Waals surface area contributed by atoms with Crippen molar-refractivity contribution >= 4 is 68.7 Å². The summed E-state index contributed by atoms with van der Waals surface area (Å²) in [5, 5.41) is 0.575. The van der Waals surface area contributed by atoms with Crippen LogP contribution in [-0.2, 0) is 14.3 Å². The van der Waals surface area contributed by atoms with E-state index in [-0.39, 0.29) is 11.8 Å². The molecule has 0 N–H and O–H groups in total. The lowest BCUT2D eigenvalue weighted by Gasteiger charge is -2.30. The number of anilines is 2. The van der Waals surface area contributed by atoms with Crippen molar-refractivity contribution in [3.63, 3.8) is 0 Å². The number of carbonyl (C=O) groups is 2. The van der Waals surface area contributed by atoms with E-state index in [1.807, 2.05) is 24.3 Å². The van der Waals surface area contributed by atoms with Crippen LogP contribution in [-0.4, -0.2) is 54.0 Å². The molecule has 2 aromatic rings. The lowest BCUT2D eigenvalue weighted by Crippen LogP contribution is -2.45. The SMILES string of the molecule is O=C1C(=C2SC(=S)N(c3ccc(Cl)cc3)C2=O)c2ccccc2N1CN1CCOCC1. The first-order valence-electron chi connectivity index (χ1n) is 9.82. The van der Waals surface area contributed by atoms with Crippen molar-refractivity contribution in [3.05, 3.63) is 64.0 Å². The Bertz CT molecular complexity index is 1110. The fourth-order valence-corrected chi connectivity index (χ4v) is 5.41. The molecule has 158 valence electrons. The maximum Gasteiger partial charge on any atom is 0.271 e. The van der Waals surface area contributed by atoms with Crippen LogP contribution in [0.5, 0.6) is 0 Å². The van der Waals surface area contributed by atoms with Crippen molar-refractivity contribution in [1.82, 2.24) is 4.90 Å². The molecule has 2 amide bonds. The van der Waals surface area contributed by atoms with E-state index in [0.29, 0.717) is 45.4 Å². The Kier molecular flexibility index (Phi) is 5.58. The van der Waals surface area contributed by atoms with Crippen LogP contribution in [0, 0.1) is 0 Å². The maximum atomic E-state index is 13.5. The molecule has 0 aromatic heterocycles. The van der Waals surface area contributed by atoms with Crippen molar-refractivity contribution in [3.8, 4) is 0 Å². The number of thiocarbonyl (C=S) groups is 1.